The molecule has 0 N–H and O–H groups in total. The van der Waals surface area contributed by atoms with Gasteiger partial charge in [0.05, 0.1) is 0 Å². The lowest BCUT2D eigenvalue weighted by Gasteiger charge is -2.29. The molecular formula is C52H34O. The van der Waals surface area contributed by atoms with Crippen molar-refractivity contribution in [3.63, 3.8) is 0 Å². The van der Waals surface area contributed by atoms with Crippen LogP contribution in [0.4, 0.5) is 0 Å². The number of benzene rings is 8. The molecule has 0 aliphatic heterocycles. The monoisotopic (exact) mass is 674 g/mol. The largest absolute Gasteiger partial charge is 0.357 e. The van der Waals surface area contributed by atoms with Crippen molar-refractivity contribution in [1.82, 2.24) is 0 Å². The van der Waals surface area contributed by atoms with E-state index in [4.69, 9.17) is 4.74 Å². The lowest BCUT2D eigenvalue weighted by molar-refractivity contribution is 0.0418. The van der Waals surface area contributed by atoms with Crippen LogP contribution in [0.2, 0.25) is 0 Å². The zero-order valence-electron chi connectivity index (χ0n) is 29.1. The first-order chi connectivity index (χ1) is 26.3. The van der Waals surface area contributed by atoms with Gasteiger partial charge in [0.15, 0.2) is 0 Å². The minimum absolute atomic E-state index is 0.175. The summed E-state index contributed by atoms with van der Waals surface area (Å²) in [5.41, 5.74) is 15.6. The molecule has 4 aliphatic carbocycles. The highest BCUT2D eigenvalue weighted by atomic mass is 16.5. The molecule has 2 atom stereocenters. The lowest BCUT2D eigenvalue weighted by Crippen LogP contribution is -2.12. The van der Waals surface area contributed by atoms with Crippen molar-refractivity contribution < 1.29 is 4.74 Å². The van der Waals surface area contributed by atoms with E-state index in [9.17, 15) is 0 Å². The highest BCUT2D eigenvalue weighted by Crippen LogP contribution is 2.48. The fraction of sp³-hybridized carbons (Fsp3) is 0.0769. The summed E-state index contributed by atoms with van der Waals surface area (Å²) in [6.45, 7) is 0. The molecule has 8 aromatic carbocycles. The van der Waals surface area contributed by atoms with Crippen LogP contribution in [-0.2, 0) is 17.6 Å². The van der Waals surface area contributed by atoms with E-state index >= 15 is 0 Å². The van der Waals surface area contributed by atoms with Gasteiger partial charge < -0.3 is 4.74 Å². The molecule has 0 spiro atoms. The van der Waals surface area contributed by atoms with Gasteiger partial charge in [0.2, 0.25) is 0 Å². The number of hydrogen-bond donors (Lipinski definition) is 0. The Hall–Kier alpha value is -6.28. The molecule has 4 aliphatic rings. The zero-order valence-corrected chi connectivity index (χ0v) is 29.1. The average Bonchev–Trinajstić information content (AvgIpc) is 3.21. The van der Waals surface area contributed by atoms with Gasteiger partial charge in [0.1, 0.15) is 12.2 Å². The van der Waals surface area contributed by atoms with E-state index < -0.39 is 0 Å². The minimum atomic E-state index is -0.175. The molecule has 53 heavy (non-hydrogen) atoms. The molecule has 0 radical (unpaired) electrons. The normalized spacial score (nSPS) is 17.4. The average molecular weight is 675 g/mol. The van der Waals surface area contributed by atoms with Gasteiger partial charge in [-0.15, -0.1) is 0 Å². The Morgan fingerprint density at radius 1 is 0.358 bits per heavy atom. The van der Waals surface area contributed by atoms with Crippen molar-refractivity contribution in [3.8, 4) is 22.3 Å². The van der Waals surface area contributed by atoms with Crippen molar-refractivity contribution in [3.05, 3.63) is 190 Å². The van der Waals surface area contributed by atoms with Crippen molar-refractivity contribution in [2.24, 2.45) is 0 Å². The molecule has 12 rings (SSSR count). The molecule has 0 heterocycles. The zero-order chi connectivity index (χ0) is 34.6. The van der Waals surface area contributed by atoms with Gasteiger partial charge in [-0.2, -0.15) is 0 Å². The smallest absolute Gasteiger partial charge is 0.103 e. The molecule has 0 amide bonds. The summed E-state index contributed by atoms with van der Waals surface area (Å²) in [4.78, 5) is 0. The van der Waals surface area contributed by atoms with Crippen LogP contribution in [0.25, 0.3) is 89.6 Å². The topological polar surface area (TPSA) is 9.23 Å². The van der Waals surface area contributed by atoms with Crippen molar-refractivity contribution in [2.45, 2.75) is 25.0 Å². The Kier molecular flexibility index (Phi) is 6.14. The first-order valence-electron chi connectivity index (χ1n) is 18.8. The fourth-order valence-electron chi connectivity index (χ4n) is 9.87. The van der Waals surface area contributed by atoms with Crippen LogP contribution in [0.3, 0.4) is 0 Å². The van der Waals surface area contributed by atoms with E-state index in [0.717, 1.165) is 12.8 Å². The molecule has 8 aromatic rings. The summed E-state index contributed by atoms with van der Waals surface area (Å²) in [7, 11) is 0. The third-order valence-corrected chi connectivity index (χ3v) is 12.2. The van der Waals surface area contributed by atoms with Gasteiger partial charge in [-0.1, -0.05) is 170 Å². The van der Waals surface area contributed by atoms with Gasteiger partial charge in [0.25, 0.3) is 0 Å². The summed E-state index contributed by atoms with van der Waals surface area (Å²) in [6.07, 6.45) is 20.1. The molecule has 0 fully saturated rings. The Morgan fingerprint density at radius 2 is 0.736 bits per heavy atom. The Labute approximate surface area is 308 Å². The second-order valence-corrected chi connectivity index (χ2v) is 14.9. The Balaban J connectivity index is 0.960. The minimum Gasteiger partial charge on any atom is -0.357 e. The third-order valence-electron chi connectivity index (χ3n) is 12.2. The Morgan fingerprint density at radius 3 is 1.17 bits per heavy atom. The third kappa shape index (κ3) is 4.23. The highest BCUT2D eigenvalue weighted by Gasteiger charge is 2.28. The second kappa shape index (κ2) is 11.1. The second-order valence-electron chi connectivity index (χ2n) is 14.9. The summed E-state index contributed by atoms with van der Waals surface area (Å²) < 4.78 is 7.18. The van der Waals surface area contributed by atoms with E-state index in [0.29, 0.717) is 0 Å². The number of rotatable bonds is 4. The molecular weight excluding hydrogens is 641 g/mol. The first-order valence-corrected chi connectivity index (χ1v) is 18.8. The van der Waals surface area contributed by atoms with Crippen molar-refractivity contribution in [2.75, 3.05) is 0 Å². The van der Waals surface area contributed by atoms with E-state index in [1.165, 1.54) is 110 Å². The maximum atomic E-state index is 7.18. The molecule has 1 heteroatoms. The quantitative estimate of drug-likeness (QED) is 0.181. The predicted molar refractivity (Wildman–Crippen MR) is 224 cm³/mol. The van der Waals surface area contributed by atoms with Crippen LogP contribution >= 0.6 is 0 Å². The van der Waals surface area contributed by atoms with Crippen LogP contribution in [0.15, 0.2) is 146 Å². The van der Waals surface area contributed by atoms with Crippen LogP contribution in [0.1, 0.15) is 56.7 Å². The van der Waals surface area contributed by atoms with Crippen molar-refractivity contribution in [1.29, 1.82) is 0 Å². The lowest BCUT2D eigenvalue weighted by atomic mass is 9.82. The van der Waals surface area contributed by atoms with E-state index in [2.05, 4.69) is 170 Å². The van der Waals surface area contributed by atoms with Crippen LogP contribution in [-0.4, -0.2) is 0 Å². The molecule has 0 aromatic heterocycles. The number of hydrogen-bond acceptors (Lipinski definition) is 1. The van der Waals surface area contributed by atoms with Gasteiger partial charge in [-0.05, 0) is 123 Å². The van der Waals surface area contributed by atoms with Crippen LogP contribution < -0.4 is 0 Å². The molecule has 0 saturated heterocycles. The van der Waals surface area contributed by atoms with E-state index in [1.54, 1.807) is 0 Å². The maximum Gasteiger partial charge on any atom is 0.103 e. The predicted octanol–water partition coefficient (Wildman–Crippen LogP) is 13.6. The maximum absolute atomic E-state index is 7.18. The first kappa shape index (κ1) is 29.3. The molecule has 0 bridgehead atoms. The van der Waals surface area contributed by atoms with E-state index in [-0.39, 0.29) is 12.2 Å². The van der Waals surface area contributed by atoms with Crippen molar-refractivity contribution >= 4 is 67.4 Å². The van der Waals surface area contributed by atoms with Gasteiger partial charge >= 0.3 is 0 Å². The summed E-state index contributed by atoms with van der Waals surface area (Å²) in [6, 6.07) is 45.2. The van der Waals surface area contributed by atoms with Crippen LogP contribution in [0.5, 0.6) is 0 Å². The summed E-state index contributed by atoms with van der Waals surface area (Å²) in [5.74, 6) is 0. The number of allylic oxidation sites excluding steroid dienone is 2. The van der Waals surface area contributed by atoms with Gasteiger partial charge in [-0.25, -0.2) is 0 Å². The fourth-order valence-corrected chi connectivity index (χ4v) is 9.87. The van der Waals surface area contributed by atoms with Gasteiger partial charge in [0, 0.05) is 0 Å². The molecule has 1 nitrogen and oxygen atoms in total. The van der Waals surface area contributed by atoms with E-state index in [1.807, 2.05) is 0 Å². The number of ether oxygens (including phenoxy) is 1. The SMILES string of the molecule is C1=Cc2c(-c3ccc4cccc5c4c3C=CC5OC3C=Cc4c(-c5ccc6cccc7c6c5C=CC7)ccc5cccc3c45)ccc3cccc(c23)C1. The highest BCUT2D eigenvalue weighted by molar-refractivity contribution is 6.08. The van der Waals surface area contributed by atoms with Gasteiger partial charge in [-0.3, -0.25) is 0 Å². The summed E-state index contributed by atoms with van der Waals surface area (Å²) >= 11 is 0. The summed E-state index contributed by atoms with van der Waals surface area (Å²) in [5, 5.41) is 10.5. The molecule has 2 unspecified atom stereocenters. The standard InChI is InChI=1S/C52H34O/c1-7-31-11-3-15-41-37(23-19-33(9-1)49(31)41)39-25-21-35-13-5-17-45-47(29-27-43(39)51(35)45)53-48-30-28-44-40(26-22-36-14-6-18-46(48)52(36)44)38-24-20-34-10-2-8-32-12-4-16-42(38)50(32)34/h1-10,13-30,47-48H,11-12H2. The van der Waals surface area contributed by atoms with Crippen LogP contribution in [0, 0.1) is 0 Å². The Bertz CT molecular complexity index is 2830. The molecule has 248 valence electrons. The molecule has 0 saturated carbocycles.